The molecule has 0 atom stereocenters. The summed E-state index contributed by atoms with van der Waals surface area (Å²) in [5.41, 5.74) is 4.42. The first-order chi connectivity index (χ1) is 11.9. The van der Waals surface area contributed by atoms with Gasteiger partial charge in [0.1, 0.15) is 5.76 Å². The molecule has 1 aromatic carbocycles. The summed E-state index contributed by atoms with van der Waals surface area (Å²) in [6, 6.07) is 8.62. The van der Waals surface area contributed by atoms with Crippen LogP contribution in [0.3, 0.4) is 0 Å². The number of amides is 1. The van der Waals surface area contributed by atoms with Gasteiger partial charge in [0, 0.05) is 30.7 Å². The minimum atomic E-state index is -0.0953. The maximum atomic E-state index is 12.3. The van der Waals surface area contributed by atoms with Gasteiger partial charge >= 0.3 is 0 Å². The Morgan fingerprint density at radius 3 is 2.68 bits per heavy atom. The van der Waals surface area contributed by atoms with E-state index in [0.717, 1.165) is 36.5 Å². The zero-order chi connectivity index (χ0) is 18.0. The third kappa shape index (κ3) is 3.93. The second-order valence-corrected chi connectivity index (χ2v) is 7.51. The molecule has 1 aliphatic rings. The van der Waals surface area contributed by atoms with Gasteiger partial charge in [0.2, 0.25) is 5.91 Å². The molecule has 5 nitrogen and oxygen atoms in total. The molecule has 1 amide bonds. The fourth-order valence-corrected chi connectivity index (χ4v) is 3.42. The van der Waals surface area contributed by atoms with Crippen molar-refractivity contribution in [1.29, 1.82) is 0 Å². The first-order valence-electron chi connectivity index (χ1n) is 8.87. The van der Waals surface area contributed by atoms with Crippen LogP contribution >= 0.6 is 0 Å². The molecule has 0 unspecified atom stereocenters. The van der Waals surface area contributed by atoms with Gasteiger partial charge in [0.25, 0.3) is 0 Å². The van der Waals surface area contributed by atoms with Crippen molar-refractivity contribution in [1.82, 2.24) is 15.4 Å². The Hall–Kier alpha value is -2.14. The van der Waals surface area contributed by atoms with E-state index >= 15 is 0 Å². The van der Waals surface area contributed by atoms with Crippen LogP contribution in [0.2, 0.25) is 0 Å². The largest absolute Gasteiger partial charge is 0.361 e. The molecule has 1 N–H and O–H groups in total. The summed E-state index contributed by atoms with van der Waals surface area (Å²) in [6.45, 7) is 10.7. The fourth-order valence-electron chi connectivity index (χ4n) is 3.42. The highest BCUT2D eigenvalue weighted by Crippen LogP contribution is 2.25. The van der Waals surface area contributed by atoms with E-state index in [1.165, 1.54) is 11.1 Å². The third-order valence-corrected chi connectivity index (χ3v) is 5.22. The number of rotatable bonds is 5. The van der Waals surface area contributed by atoms with Gasteiger partial charge in [0.15, 0.2) is 0 Å². The zero-order valence-corrected chi connectivity index (χ0v) is 15.6. The summed E-state index contributed by atoms with van der Waals surface area (Å²) in [7, 11) is 0. The van der Waals surface area contributed by atoms with E-state index in [2.05, 4.69) is 53.5 Å². The van der Waals surface area contributed by atoms with Gasteiger partial charge in [-0.1, -0.05) is 29.4 Å². The molecule has 1 aliphatic heterocycles. The fraction of sp³-hybridized carbons (Fsp3) is 0.500. The minimum absolute atomic E-state index is 0.0138. The molecule has 0 saturated heterocycles. The van der Waals surface area contributed by atoms with Crippen molar-refractivity contribution in [2.45, 2.75) is 52.6 Å². The van der Waals surface area contributed by atoms with E-state index in [-0.39, 0.29) is 11.4 Å². The number of hydrogen-bond acceptors (Lipinski definition) is 4. The Morgan fingerprint density at radius 2 is 2.00 bits per heavy atom. The lowest BCUT2D eigenvalue weighted by Gasteiger charge is -2.41. The summed E-state index contributed by atoms with van der Waals surface area (Å²) < 4.78 is 5.13. The standard InChI is InChI=1S/C20H27N3O2/c1-14-18(15(2)25-22-14)11-19(24)21-13-20(3,4)23-10-9-16-7-5-6-8-17(16)12-23/h5-8H,9-13H2,1-4H3,(H,21,24). The molecule has 25 heavy (non-hydrogen) atoms. The van der Waals surface area contributed by atoms with Crippen LogP contribution in [0.15, 0.2) is 28.8 Å². The number of carbonyl (C=O) groups excluding carboxylic acids is 1. The summed E-state index contributed by atoms with van der Waals surface area (Å²) in [5.74, 6) is 0.736. The molecular formula is C20H27N3O2. The van der Waals surface area contributed by atoms with E-state index in [1.54, 1.807) is 0 Å². The third-order valence-electron chi connectivity index (χ3n) is 5.22. The van der Waals surface area contributed by atoms with Gasteiger partial charge in [-0.05, 0) is 45.2 Å². The average molecular weight is 341 g/mol. The van der Waals surface area contributed by atoms with Crippen LogP contribution in [-0.2, 0) is 24.2 Å². The smallest absolute Gasteiger partial charge is 0.224 e. The Bertz CT molecular complexity index is 745. The molecule has 134 valence electrons. The first-order valence-corrected chi connectivity index (χ1v) is 8.87. The maximum Gasteiger partial charge on any atom is 0.224 e. The van der Waals surface area contributed by atoms with Gasteiger partial charge in [-0.25, -0.2) is 0 Å². The molecule has 0 bridgehead atoms. The van der Waals surface area contributed by atoms with Crippen molar-refractivity contribution < 1.29 is 9.32 Å². The number of aryl methyl sites for hydroxylation is 2. The monoisotopic (exact) mass is 341 g/mol. The molecule has 0 aliphatic carbocycles. The second-order valence-electron chi connectivity index (χ2n) is 7.51. The normalized spacial score (nSPS) is 15.0. The maximum absolute atomic E-state index is 12.3. The van der Waals surface area contributed by atoms with Crippen LogP contribution in [-0.4, -0.2) is 34.6 Å². The van der Waals surface area contributed by atoms with Crippen LogP contribution in [0.4, 0.5) is 0 Å². The van der Waals surface area contributed by atoms with Crippen LogP contribution < -0.4 is 5.32 Å². The lowest BCUT2D eigenvalue weighted by atomic mass is 9.94. The number of nitrogens with one attached hydrogen (secondary N) is 1. The molecule has 1 aromatic heterocycles. The highest BCUT2D eigenvalue weighted by atomic mass is 16.5. The average Bonchev–Trinajstić information content (AvgIpc) is 2.91. The van der Waals surface area contributed by atoms with Crippen molar-refractivity contribution in [3.8, 4) is 0 Å². The van der Waals surface area contributed by atoms with Crippen LogP contribution in [0.5, 0.6) is 0 Å². The molecule has 3 rings (SSSR count). The predicted molar refractivity (Wildman–Crippen MR) is 97.3 cm³/mol. The van der Waals surface area contributed by atoms with E-state index in [1.807, 2.05) is 13.8 Å². The Morgan fingerprint density at radius 1 is 1.28 bits per heavy atom. The van der Waals surface area contributed by atoms with Crippen LogP contribution in [0, 0.1) is 13.8 Å². The van der Waals surface area contributed by atoms with E-state index in [9.17, 15) is 4.79 Å². The minimum Gasteiger partial charge on any atom is -0.361 e. The summed E-state index contributed by atoms with van der Waals surface area (Å²) in [4.78, 5) is 14.8. The highest BCUT2D eigenvalue weighted by Gasteiger charge is 2.30. The van der Waals surface area contributed by atoms with Gasteiger partial charge in [-0.3, -0.25) is 9.69 Å². The molecule has 0 fully saturated rings. The van der Waals surface area contributed by atoms with Crippen molar-refractivity contribution in [2.24, 2.45) is 0 Å². The van der Waals surface area contributed by atoms with Gasteiger partial charge < -0.3 is 9.84 Å². The highest BCUT2D eigenvalue weighted by molar-refractivity contribution is 5.79. The number of benzene rings is 1. The SMILES string of the molecule is Cc1noc(C)c1CC(=O)NCC(C)(C)N1CCc2ccccc2C1. The number of nitrogens with zero attached hydrogens (tertiary/aromatic N) is 2. The van der Waals surface area contributed by atoms with Crippen molar-refractivity contribution in [3.05, 3.63) is 52.4 Å². The van der Waals surface area contributed by atoms with Crippen molar-refractivity contribution in [2.75, 3.05) is 13.1 Å². The van der Waals surface area contributed by atoms with E-state index < -0.39 is 0 Å². The Kier molecular flexibility index (Phi) is 4.95. The molecule has 0 saturated carbocycles. The van der Waals surface area contributed by atoms with E-state index in [4.69, 9.17) is 4.52 Å². The topological polar surface area (TPSA) is 58.4 Å². The van der Waals surface area contributed by atoms with Gasteiger partial charge in [0.05, 0.1) is 12.1 Å². The zero-order valence-electron chi connectivity index (χ0n) is 15.6. The molecule has 5 heteroatoms. The van der Waals surface area contributed by atoms with E-state index in [0.29, 0.717) is 13.0 Å². The number of fused-ring (bicyclic) bond motifs is 1. The lowest BCUT2D eigenvalue weighted by molar-refractivity contribution is -0.121. The summed E-state index contributed by atoms with van der Waals surface area (Å²) in [5, 5.41) is 7.00. The summed E-state index contributed by atoms with van der Waals surface area (Å²) in [6.07, 6.45) is 1.38. The number of hydrogen-bond donors (Lipinski definition) is 1. The molecule has 0 radical (unpaired) electrons. The second kappa shape index (κ2) is 7.00. The Balaban J connectivity index is 1.58. The number of carbonyl (C=O) groups is 1. The van der Waals surface area contributed by atoms with Crippen LogP contribution in [0.1, 0.15) is 42.0 Å². The molecular weight excluding hydrogens is 314 g/mol. The van der Waals surface area contributed by atoms with Gasteiger partial charge in [-0.15, -0.1) is 0 Å². The van der Waals surface area contributed by atoms with Gasteiger partial charge in [-0.2, -0.15) is 0 Å². The quantitative estimate of drug-likeness (QED) is 0.908. The molecule has 0 spiro atoms. The first kappa shape index (κ1) is 17.7. The number of aromatic nitrogens is 1. The Labute approximate surface area is 149 Å². The summed E-state index contributed by atoms with van der Waals surface area (Å²) >= 11 is 0. The van der Waals surface area contributed by atoms with Crippen LogP contribution in [0.25, 0.3) is 0 Å². The van der Waals surface area contributed by atoms with Crippen molar-refractivity contribution >= 4 is 5.91 Å². The van der Waals surface area contributed by atoms with Crippen molar-refractivity contribution in [3.63, 3.8) is 0 Å². The predicted octanol–water partition coefficient (Wildman–Crippen LogP) is 2.79. The lowest BCUT2D eigenvalue weighted by Crippen LogP contribution is -2.53. The molecule has 2 heterocycles. The molecule has 2 aromatic rings.